The molecule has 0 radical (unpaired) electrons. The van der Waals surface area contributed by atoms with Gasteiger partial charge in [-0.1, -0.05) is 45.4 Å². The van der Waals surface area contributed by atoms with E-state index in [0.717, 1.165) is 50.8 Å². The molecule has 2 unspecified atom stereocenters. The number of piperidine rings is 1. The second kappa shape index (κ2) is 10.5. The third-order valence-corrected chi connectivity index (χ3v) is 5.56. The predicted octanol–water partition coefficient (Wildman–Crippen LogP) is 5.59. The number of hydrogen-bond donors (Lipinski definition) is 0. The van der Waals surface area contributed by atoms with E-state index in [9.17, 15) is 9.59 Å². The molecule has 1 aliphatic rings. The van der Waals surface area contributed by atoms with Gasteiger partial charge in [0, 0.05) is 31.5 Å². The van der Waals surface area contributed by atoms with Gasteiger partial charge in [0.15, 0.2) is 5.78 Å². The molecule has 26 heavy (non-hydrogen) atoms. The average molecular weight is 358 g/mol. The second-order valence-electron chi connectivity index (χ2n) is 7.89. The van der Waals surface area contributed by atoms with E-state index in [1.54, 1.807) is 0 Å². The molecule has 0 spiro atoms. The molecule has 1 saturated heterocycles. The maximum absolute atomic E-state index is 12.3. The summed E-state index contributed by atoms with van der Waals surface area (Å²) in [5.41, 5.74) is 2.11. The van der Waals surface area contributed by atoms with Gasteiger partial charge in [-0.3, -0.25) is 9.59 Å². The first-order chi connectivity index (χ1) is 12.5. The van der Waals surface area contributed by atoms with Crippen LogP contribution in [0.2, 0.25) is 0 Å². The van der Waals surface area contributed by atoms with E-state index >= 15 is 0 Å². The normalized spacial score (nSPS) is 18.6. The molecule has 1 heterocycles. The van der Waals surface area contributed by atoms with Crippen LogP contribution in [-0.2, 0) is 4.79 Å². The van der Waals surface area contributed by atoms with Crippen molar-refractivity contribution < 1.29 is 9.59 Å². The number of likely N-dealkylation sites (tertiary alicyclic amines) is 1. The Hall–Kier alpha value is -1.64. The molecule has 0 aliphatic carbocycles. The molecule has 2 atom stereocenters. The standard InChI is InChI=1S/C23H35NO2/c1-4-6-13-22(25)21-12-7-11-20(16-21)18(3)15-19-10-8-14-24(17-19)23(26)9-5-2/h7,11-12,16,18-19H,4-6,8-10,13-15,17H2,1-3H3. The molecule has 3 nitrogen and oxygen atoms in total. The van der Waals surface area contributed by atoms with Crippen molar-refractivity contribution in [3.63, 3.8) is 0 Å². The topological polar surface area (TPSA) is 37.4 Å². The van der Waals surface area contributed by atoms with E-state index < -0.39 is 0 Å². The summed E-state index contributed by atoms with van der Waals surface area (Å²) in [4.78, 5) is 26.6. The fourth-order valence-electron chi connectivity index (χ4n) is 3.99. The van der Waals surface area contributed by atoms with Crippen molar-refractivity contribution >= 4 is 11.7 Å². The summed E-state index contributed by atoms with van der Waals surface area (Å²) in [7, 11) is 0. The Balaban J connectivity index is 1.95. The lowest BCUT2D eigenvalue weighted by Gasteiger charge is -2.34. The zero-order valence-electron chi connectivity index (χ0n) is 16.8. The van der Waals surface area contributed by atoms with E-state index in [1.165, 1.54) is 12.0 Å². The monoisotopic (exact) mass is 357 g/mol. The molecular weight excluding hydrogens is 322 g/mol. The minimum Gasteiger partial charge on any atom is -0.342 e. The van der Waals surface area contributed by atoms with Crippen molar-refractivity contribution in [3.8, 4) is 0 Å². The van der Waals surface area contributed by atoms with Crippen LogP contribution in [0.3, 0.4) is 0 Å². The lowest BCUT2D eigenvalue weighted by Crippen LogP contribution is -2.40. The van der Waals surface area contributed by atoms with Crippen LogP contribution >= 0.6 is 0 Å². The van der Waals surface area contributed by atoms with E-state index in [-0.39, 0.29) is 5.78 Å². The largest absolute Gasteiger partial charge is 0.342 e. The number of hydrogen-bond acceptors (Lipinski definition) is 2. The van der Waals surface area contributed by atoms with Gasteiger partial charge in [-0.15, -0.1) is 0 Å². The van der Waals surface area contributed by atoms with Crippen LogP contribution in [0.25, 0.3) is 0 Å². The fraction of sp³-hybridized carbons (Fsp3) is 0.652. The van der Waals surface area contributed by atoms with Crippen molar-refractivity contribution in [2.75, 3.05) is 13.1 Å². The summed E-state index contributed by atoms with van der Waals surface area (Å²) in [6, 6.07) is 8.19. The predicted molar refractivity (Wildman–Crippen MR) is 108 cm³/mol. The van der Waals surface area contributed by atoms with Gasteiger partial charge in [-0.05, 0) is 55.6 Å². The zero-order valence-corrected chi connectivity index (χ0v) is 16.8. The molecule has 144 valence electrons. The highest BCUT2D eigenvalue weighted by atomic mass is 16.2. The van der Waals surface area contributed by atoms with Crippen molar-refractivity contribution in [3.05, 3.63) is 35.4 Å². The summed E-state index contributed by atoms with van der Waals surface area (Å²) in [5, 5.41) is 0. The number of rotatable bonds is 9. The van der Waals surface area contributed by atoms with Crippen LogP contribution in [0, 0.1) is 5.92 Å². The SMILES string of the molecule is CCCCC(=O)c1cccc(C(C)CC2CCCN(C(=O)CCC)C2)c1. The molecular formula is C23H35NO2. The van der Waals surface area contributed by atoms with Crippen molar-refractivity contribution in [1.29, 1.82) is 0 Å². The molecule has 0 saturated carbocycles. The summed E-state index contributed by atoms with van der Waals surface area (Å²) >= 11 is 0. The zero-order chi connectivity index (χ0) is 18.9. The molecule has 2 rings (SSSR count). The van der Waals surface area contributed by atoms with Gasteiger partial charge < -0.3 is 4.90 Å². The first kappa shape index (κ1) is 20.7. The minimum absolute atomic E-state index is 0.259. The summed E-state index contributed by atoms with van der Waals surface area (Å²) in [6.45, 7) is 8.26. The lowest BCUT2D eigenvalue weighted by molar-refractivity contribution is -0.133. The fourth-order valence-corrected chi connectivity index (χ4v) is 3.99. The molecule has 1 amide bonds. The van der Waals surface area contributed by atoms with Crippen LogP contribution in [0.15, 0.2) is 24.3 Å². The first-order valence-electron chi connectivity index (χ1n) is 10.5. The maximum atomic E-state index is 12.3. The quantitative estimate of drug-likeness (QED) is 0.540. The highest BCUT2D eigenvalue weighted by molar-refractivity contribution is 5.96. The molecule has 0 aromatic heterocycles. The Morgan fingerprint density at radius 3 is 2.73 bits per heavy atom. The number of carbonyl (C=O) groups excluding carboxylic acids is 2. The van der Waals surface area contributed by atoms with Gasteiger partial charge in [0.2, 0.25) is 5.91 Å². The van der Waals surface area contributed by atoms with Crippen molar-refractivity contribution in [1.82, 2.24) is 4.90 Å². The second-order valence-corrected chi connectivity index (χ2v) is 7.89. The molecule has 1 fully saturated rings. The van der Waals surface area contributed by atoms with Gasteiger partial charge in [0.1, 0.15) is 0 Å². The summed E-state index contributed by atoms with van der Waals surface area (Å²) in [5.74, 6) is 1.56. The smallest absolute Gasteiger partial charge is 0.222 e. The Morgan fingerprint density at radius 2 is 2.00 bits per heavy atom. The third kappa shape index (κ3) is 5.96. The third-order valence-electron chi connectivity index (χ3n) is 5.56. The molecule has 0 bridgehead atoms. The Bertz CT molecular complexity index is 596. The minimum atomic E-state index is 0.259. The molecule has 1 aromatic rings. The number of amides is 1. The van der Waals surface area contributed by atoms with E-state index in [0.29, 0.717) is 30.6 Å². The highest BCUT2D eigenvalue weighted by Gasteiger charge is 2.25. The van der Waals surface area contributed by atoms with Crippen molar-refractivity contribution in [2.24, 2.45) is 5.92 Å². The van der Waals surface area contributed by atoms with Gasteiger partial charge in [-0.25, -0.2) is 0 Å². The first-order valence-corrected chi connectivity index (χ1v) is 10.5. The summed E-state index contributed by atoms with van der Waals surface area (Å²) in [6.07, 6.45) is 7.66. The molecule has 3 heteroatoms. The summed E-state index contributed by atoms with van der Waals surface area (Å²) < 4.78 is 0. The van der Waals surface area contributed by atoms with Gasteiger partial charge in [0.25, 0.3) is 0 Å². The number of nitrogens with zero attached hydrogens (tertiary/aromatic N) is 1. The van der Waals surface area contributed by atoms with Crippen LogP contribution in [-0.4, -0.2) is 29.7 Å². The Kier molecular flexibility index (Phi) is 8.34. The van der Waals surface area contributed by atoms with Crippen molar-refractivity contribution in [2.45, 2.75) is 78.1 Å². The van der Waals surface area contributed by atoms with Crippen LogP contribution < -0.4 is 0 Å². The highest BCUT2D eigenvalue weighted by Crippen LogP contribution is 2.29. The molecule has 0 N–H and O–H groups in total. The molecule has 1 aliphatic heterocycles. The number of ketones is 1. The lowest BCUT2D eigenvalue weighted by atomic mass is 9.85. The van der Waals surface area contributed by atoms with Gasteiger partial charge in [0.05, 0.1) is 0 Å². The number of carbonyl (C=O) groups is 2. The number of Topliss-reactive ketones (excluding diaryl/α,β-unsaturated/α-hetero) is 1. The van der Waals surface area contributed by atoms with E-state index in [2.05, 4.69) is 37.8 Å². The Labute approximate surface area is 159 Å². The van der Waals surface area contributed by atoms with Crippen LogP contribution in [0.4, 0.5) is 0 Å². The van der Waals surface area contributed by atoms with Crippen LogP contribution in [0.5, 0.6) is 0 Å². The number of unbranched alkanes of at least 4 members (excludes halogenated alkanes) is 1. The Morgan fingerprint density at radius 1 is 1.19 bits per heavy atom. The maximum Gasteiger partial charge on any atom is 0.222 e. The van der Waals surface area contributed by atoms with Gasteiger partial charge >= 0.3 is 0 Å². The van der Waals surface area contributed by atoms with Gasteiger partial charge in [-0.2, -0.15) is 0 Å². The average Bonchev–Trinajstić information content (AvgIpc) is 2.66. The van der Waals surface area contributed by atoms with E-state index in [1.807, 2.05) is 12.1 Å². The molecule has 1 aromatic carbocycles. The van der Waals surface area contributed by atoms with E-state index in [4.69, 9.17) is 0 Å². The van der Waals surface area contributed by atoms with Crippen LogP contribution in [0.1, 0.15) is 94.0 Å². The number of benzene rings is 1.